The summed E-state index contributed by atoms with van der Waals surface area (Å²) in [6.07, 6.45) is 2.04. The van der Waals surface area contributed by atoms with Gasteiger partial charge in [0.2, 0.25) is 0 Å². The van der Waals surface area contributed by atoms with Crippen molar-refractivity contribution in [3.63, 3.8) is 0 Å². The minimum atomic E-state index is 0.682. The molecule has 0 atom stereocenters. The van der Waals surface area contributed by atoms with Gasteiger partial charge in [0, 0.05) is 10.5 Å². The maximum absolute atomic E-state index is 5.94. The monoisotopic (exact) mass is 279 g/mol. The fraction of sp³-hybridized carbons (Fsp3) is 0.250. The van der Waals surface area contributed by atoms with Crippen molar-refractivity contribution in [2.45, 2.75) is 19.8 Å². The second-order valence-corrected chi connectivity index (χ2v) is 4.62. The van der Waals surface area contributed by atoms with Crippen LogP contribution in [0.2, 0.25) is 0 Å². The third-order valence-electron chi connectivity index (χ3n) is 2.35. The Morgan fingerprint density at radius 2 is 2.19 bits per heavy atom. The van der Waals surface area contributed by atoms with Gasteiger partial charge in [0.25, 0.3) is 0 Å². The molecule has 0 amide bonds. The Hall–Kier alpha value is -1.29. The first-order valence-corrected chi connectivity index (χ1v) is 6.10. The molecule has 0 radical (unpaired) electrons. The Morgan fingerprint density at radius 1 is 1.38 bits per heavy atom. The number of halogens is 1. The molecule has 1 aromatic carbocycles. The molecule has 0 unspecified atom stereocenters. The van der Waals surface area contributed by atoms with Gasteiger partial charge in [-0.15, -0.1) is 0 Å². The molecule has 3 nitrogen and oxygen atoms in total. The van der Waals surface area contributed by atoms with Crippen LogP contribution in [0.4, 0.5) is 5.82 Å². The Labute approximate surface area is 103 Å². The van der Waals surface area contributed by atoms with E-state index in [1.165, 1.54) is 0 Å². The van der Waals surface area contributed by atoms with Gasteiger partial charge in [-0.25, -0.2) is 4.68 Å². The lowest BCUT2D eigenvalue weighted by Gasteiger charge is -2.03. The molecule has 2 rings (SSSR count). The molecule has 2 N–H and O–H groups in total. The van der Waals surface area contributed by atoms with Crippen LogP contribution in [0.15, 0.2) is 34.8 Å². The maximum Gasteiger partial charge on any atom is 0.127 e. The number of anilines is 1. The number of aromatic nitrogens is 2. The number of nitrogens with two attached hydrogens (primary N) is 1. The van der Waals surface area contributed by atoms with Crippen molar-refractivity contribution in [1.82, 2.24) is 9.78 Å². The van der Waals surface area contributed by atoms with E-state index in [1.807, 2.05) is 30.3 Å². The average molecular weight is 280 g/mol. The summed E-state index contributed by atoms with van der Waals surface area (Å²) in [6.45, 7) is 2.13. The predicted molar refractivity (Wildman–Crippen MR) is 69.7 cm³/mol. The number of nitrogen functional groups attached to an aromatic ring is 1. The molecular weight excluding hydrogens is 266 g/mol. The standard InChI is InChI=1S/C12H14BrN3/c1-2-4-10-8-12(14)16(15-10)11-6-3-5-9(13)7-11/h3,5-8H,2,4,14H2,1H3. The number of aryl methyl sites for hydroxylation is 1. The maximum atomic E-state index is 5.94. The fourth-order valence-corrected chi connectivity index (χ4v) is 2.03. The van der Waals surface area contributed by atoms with Crippen molar-refractivity contribution in [2.75, 3.05) is 5.73 Å². The third-order valence-corrected chi connectivity index (χ3v) is 2.84. The zero-order chi connectivity index (χ0) is 11.5. The normalized spacial score (nSPS) is 10.6. The van der Waals surface area contributed by atoms with Gasteiger partial charge in [0.1, 0.15) is 5.82 Å². The van der Waals surface area contributed by atoms with E-state index in [0.717, 1.165) is 28.7 Å². The van der Waals surface area contributed by atoms with Crippen molar-refractivity contribution >= 4 is 21.7 Å². The van der Waals surface area contributed by atoms with Gasteiger partial charge < -0.3 is 5.73 Å². The number of rotatable bonds is 3. The summed E-state index contributed by atoms with van der Waals surface area (Å²) in [5.41, 5.74) is 7.96. The van der Waals surface area contributed by atoms with Crippen molar-refractivity contribution in [2.24, 2.45) is 0 Å². The molecule has 0 saturated carbocycles. The second kappa shape index (κ2) is 4.70. The van der Waals surface area contributed by atoms with Crippen LogP contribution in [0.5, 0.6) is 0 Å². The summed E-state index contributed by atoms with van der Waals surface area (Å²) >= 11 is 3.44. The highest BCUT2D eigenvalue weighted by atomic mass is 79.9. The Morgan fingerprint density at radius 3 is 2.88 bits per heavy atom. The summed E-state index contributed by atoms with van der Waals surface area (Å²) in [5, 5.41) is 4.48. The van der Waals surface area contributed by atoms with Crippen LogP contribution in [0, 0.1) is 0 Å². The highest BCUT2D eigenvalue weighted by Gasteiger charge is 2.06. The van der Waals surface area contributed by atoms with E-state index in [4.69, 9.17) is 5.73 Å². The summed E-state index contributed by atoms with van der Waals surface area (Å²) in [5.74, 6) is 0.682. The van der Waals surface area contributed by atoms with Gasteiger partial charge in [-0.1, -0.05) is 35.3 Å². The molecule has 0 aliphatic heterocycles. The molecule has 0 bridgehead atoms. The molecule has 1 aromatic heterocycles. The summed E-state index contributed by atoms with van der Waals surface area (Å²) in [7, 11) is 0. The SMILES string of the molecule is CCCc1cc(N)n(-c2cccc(Br)c2)n1. The Balaban J connectivity index is 2.40. The lowest BCUT2D eigenvalue weighted by Crippen LogP contribution is -2.01. The molecule has 2 aromatic rings. The number of hydrogen-bond donors (Lipinski definition) is 1. The summed E-state index contributed by atoms with van der Waals surface area (Å²) < 4.78 is 2.80. The first-order valence-electron chi connectivity index (χ1n) is 5.31. The molecule has 84 valence electrons. The number of nitrogens with zero attached hydrogens (tertiary/aromatic N) is 2. The summed E-state index contributed by atoms with van der Waals surface area (Å²) in [6, 6.07) is 9.88. The molecule has 1 heterocycles. The van der Waals surface area contributed by atoms with Crippen molar-refractivity contribution < 1.29 is 0 Å². The van der Waals surface area contributed by atoms with Crippen LogP contribution >= 0.6 is 15.9 Å². The minimum absolute atomic E-state index is 0.682. The molecule has 0 aliphatic carbocycles. The largest absolute Gasteiger partial charge is 0.384 e. The van der Waals surface area contributed by atoms with Crippen LogP contribution < -0.4 is 5.73 Å². The van der Waals surface area contributed by atoms with E-state index in [9.17, 15) is 0 Å². The molecular formula is C12H14BrN3. The van der Waals surface area contributed by atoms with Gasteiger partial charge >= 0.3 is 0 Å². The molecule has 0 aliphatic rings. The molecule has 4 heteroatoms. The highest BCUT2D eigenvalue weighted by Crippen LogP contribution is 2.19. The second-order valence-electron chi connectivity index (χ2n) is 3.70. The topological polar surface area (TPSA) is 43.8 Å². The quantitative estimate of drug-likeness (QED) is 0.938. The van der Waals surface area contributed by atoms with Gasteiger partial charge in [0.15, 0.2) is 0 Å². The number of benzene rings is 1. The van der Waals surface area contributed by atoms with Crippen LogP contribution in [0.1, 0.15) is 19.0 Å². The van der Waals surface area contributed by atoms with E-state index in [1.54, 1.807) is 4.68 Å². The van der Waals surface area contributed by atoms with E-state index >= 15 is 0 Å². The van der Waals surface area contributed by atoms with E-state index in [2.05, 4.69) is 28.0 Å². The minimum Gasteiger partial charge on any atom is -0.384 e. The van der Waals surface area contributed by atoms with Gasteiger partial charge in [-0.2, -0.15) is 5.10 Å². The third kappa shape index (κ3) is 2.27. The van der Waals surface area contributed by atoms with Crippen molar-refractivity contribution in [3.05, 3.63) is 40.5 Å². The molecule has 0 spiro atoms. The molecule has 0 fully saturated rings. The van der Waals surface area contributed by atoms with E-state index in [-0.39, 0.29) is 0 Å². The van der Waals surface area contributed by atoms with Crippen LogP contribution in [-0.4, -0.2) is 9.78 Å². The lowest BCUT2D eigenvalue weighted by molar-refractivity contribution is 0.811. The Bertz CT molecular complexity index is 491. The van der Waals surface area contributed by atoms with Crippen LogP contribution in [0.3, 0.4) is 0 Å². The smallest absolute Gasteiger partial charge is 0.127 e. The van der Waals surface area contributed by atoms with Gasteiger partial charge in [-0.05, 0) is 24.6 Å². The van der Waals surface area contributed by atoms with E-state index in [0.29, 0.717) is 5.82 Å². The first kappa shape index (κ1) is 11.2. The van der Waals surface area contributed by atoms with Gasteiger partial charge in [-0.3, -0.25) is 0 Å². The lowest BCUT2D eigenvalue weighted by atomic mass is 10.2. The van der Waals surface area contributed by atoms with Crippen molar-refractivity contribution in [3.8, 4) is 5.69 Å². The van der Waals surface area contributed by atoms with Gasteiger partial charge in [0.05, 0.1) is 11.4 Å². The zero-order valence-electron chi connectivity index (χ0n) is 9.15. The Kier molecular flexibility index (Phi) is 3.29. The summed E-state index contributed by atoms with van der Waals surface area (Å²) in [4.78, 5) is 0. The zero-order valence-corrected chi connectivity index (χ0v) is 10.7. The van der Waals surface area contributed by atoms with Crippen LogP contribution in [0.25, 0.3) is 5.69 Å². The van der Waals surface area contributed by atoms with E-state index < -0.39 is 0 Å². The number of hydrogen-bond acceptors (Lipinski definition) is 2. The van der Waals surface area contributed by atoms with Crippen LogP contribution in [-0.2, 0) is 6.42 Å². The molecule has 0 saturated heterocycles. The highest BCUT2D eigenvalue weighted by molar-refractivity contribution is 9.10. The predicted octanol–water partition coefficient (Wildman–Crippen LogP) is 3.17. The average Bonchev–Trinajstić information content (AvgIpc) is 2.60. The fourth-order valence-electron chi connectivity index (χ4n) is 1.64. The molecule has 16 heavy (non-hydrogen) atoms. The first-order chi connectivity index (χ1) is 7.70. The van der Waals surface area contributed by atoms with Crippen molar-refractivity contribution in [1.29, 1.82) is 0 Å².